The van der Waals surface area contributed by atoms with Crippen molar-refractivity contribution in [2.45, 2.75) is 18.7 Å². The lowest BCUT2D eigenvalue weighted by molar-refractivity contribution is -0.119. The topological polar surface area (TPSA) is 92.3 Å². The van der Waals surface area contributed by atoms with E-state index in [4.69, 9.17) is 11.6 Å². The predicted octanol–water partition coefficient (Wildman–Crippen LogP) is -0.126. The first-order valence-corrected chi connectivity index (χ1v) is 7.49. The average Bonchev–Trinajstić information content (AvgIpc) is 2.55. The Balaban J connectivity index is 2.28. The second-order valence-electron chi connectivity index (χ2n) is 4.08. The number of carbonyl (C=O) groups is 2. The summed E-state index contributed by atoms with van der Waals surface area (Å²) < 4.78 is 22.3. The lowest BCUT2D eigenvalue weighted by atomic mass is 10.1. The molecule has 0 aromatic carbocycles. The predicted molar refractivity (Wildman–Crippen MR) is 63.6 cm³/mol. The summed E-state index contributed by atoms with van der Waals surface area (Å²) in [5.41, 5.74) is 0. The first-order valence-electron chi connectivity index (χ1n) is 5.23. The molecule has 2 atom stereocenters. The molecule has 1 heterocycles. The Morgan fingerprint density at radius 2 is 2.12 bits per heavy atom. The molecule has 6 nitrogen and oxygen atoms in total. The number of carbonyl (C=O) groups excluding carboxylic acids is 2. The Labute approximate surface area is 105 Å². The third kappa shape index (κ3) is 4.91. The number of rotatable bonds is 3. The summed E-state index contributed by atoms with van der Waals surface area (Å²) in [4.78, 5) is 22.3. The summed E-state index contributed by atoms with van der Waals surface area (Å²) in [5, 5.41) is 3.72. The summed E-state index contributed by atoms with van der Waals surface area (Å²) in [6.07, 6.45) is 0.544. The van der Waals surface area contributed by atoms with Gasteiger partial charge in [-0.3, -0.25) is 10.1 Å². The van der Waals surface area contributed by atoms with Gasteiger partial charge in [-0.25, -0.2) is 13.2 Å². The maximum absolute atomic E-state index is 11.2. The van der Waals surface area contributed by atoms with E-state index in [1.165, 1.54) is 6.92 Å². The van der Waals surface area contributed by atoms with Crippen LogP contribution < -0.4 is 10.6 Å². The fourth-order valence-corrected chi connectivity index (χ4v) is 3.44. The Morgan fingerprint density at radius 3 is 2.59 bits per heavy atom. The summed E-state index contributed by atoms with van der Waals surface area (Å²) in [6, 6.07) is -0.646. The second-order valence-corrected chi connectivity index (χ2v) is 6.97. The highest BCUT2D eigenvalue weighted by Gasteiger charge is 2.28. The quantitative estimate of drug-likeness (QED) is 0.706. The molecule has 1 aliphatic heterocycles. The zero-order chi connectivity index (χ0) is 13.1. The average molecular weight is 283 g/mol. The van der Waals surface area contributed by atoms with Crippen LogP contribution in [0.2, 0.25) is 0 Å². The van der Waals surface area contributed by atoms with E-state index in [-0.39, 0.29) is 24.0 Å². The van der Waals surface area contributed by atoms with Crippen LogP contribution in [0.1, 0.15) is 13.3 Å². The van der Waals surface area contributed by atoms with Gasteiger partial charge in [0.05, 0.1) is 11.5 Å². The van der Waals surface area contributed by atoms with E-state index in [0.29, 0.717) is 6.42 Å². The van der Waals surface area contributed by atoms with E-state index >= 15 is 0 Å². The number of alkyl halides is 1. The van der Waals surface area contributed by atoms with Crippen LogP contribution in [0.5, 0.6) is 0 Å². The van der Waals surface area contributed by atoms with Gasteiger partial charge in [0.1, 0.15) is 5.38 Å². The highest BCUT2D eigenvalue weighted by atomic mass is 35.5. The SMILES string of the molecule is CC(Cl)C(=O)NC(=O)NCC1CCS(=O)(=O)C1. The van der Waals surface area contributed by atoms with Crippen LogP contribution in [0.3, 0.4) is 0 Å². The monoisotopic (exact) mass is 282 g/mol. The maximum Gasteiger partial charge on any atom is 0.321 e. The van der Waals surface area contributed by atoms with Crippen LogP contribution in [-0.4, -0.2) is 43.8 Å². The highest BCUT2D eigenvalue weighted by Crippen LogP contribution is 2.17. The Morgan fingerprint density at radius 1 is 1.47 bits per heavy atom. The smallest absolute Gasteiger partial charge is 0.321 e. The normalized spacial score (nSPS) is 24.0. The van der Waals surface area contributed by atoms with Crippen LogP contribution in [-0.2, 0) is 14.6 Å². The van der Waals surface area contributed by atoms with E-state index in [9.17, 15) is 18.0 Å². The maximum atomic E-state index is 11.2. The largest absolute Gasteiger partial charge is 0.337 e. The molecule has 0 bridgehead atoms. The molecule has 0 aromatic rings. The van der Waals surface area contributed by atoms with Crippen LogP contribution in [0.15, 0.2) is 0 Å². The Kier molecular flexibility index (Phi) is 4.76. The summed E-state index contributed by atoms with van der Waals surface area (Å²) in [7, 11) is -2.94. The molecule has 3 amide bonds. The van der Waals surface area contributed by atoms with Gasteiger partial charge in [0, 0.05) is 6.54 Å². The molecule has 0 radical (unpaired) electrons. The van der Waals surface area contributed by atoms with E-state index < -0.39 is 27.2 Å². The van der Waals surface area contributed by atoms with Crippen LogP contribution in [0, 0.1) is 5.92 Å². The van der Waals surface area contributed by atoms with Gasteiger partial charge in [0.25, 0.3) is 0 Å². The number of amides is 3. The van der Waals surface area contributed by atoms with Gasteiger partial charge < -0.3 is 5.32 Å². The molecule has 2 unspecified atom stereocenters. The minimum Gasteiger partial charge on any atom is -0.337 e. The summed E-state index contributed by atoms with van der Waals surface area (Å²) >= 11 is 5.47. The molecule has 0 saturated carbocycles. The number of urea groups is 1. The number of hydrogen-bond acceptors (Lipinski definition) is 4. The van der Waals surface area contributed by atoms with Gasteiger partial charge in [-0.05, 0) is 19.3 Å². The van der Waals surface area contributed by atoms with Crippen LogP contribution in [0.4, 0.5) is 4.79 Å². The minimum atomic E-state index is -2.94. The molecular formula is C9H15ClN2O4S. The molecule has 1 saturated heterocycles. The van der Waals surface area contributed by atoms with Crippen molar-refractivity contribution in [3.8, 4) is 0 Å². The molecule has 0 aliphatic carbocycles. The zero-order valence-electron chi connectivity index (χ0n) is 9.40. The molecule has 98 valence electrons. The van der Waals surface area contributed by atoms with Crippen molar-refractivity contribution in [1.29, 1.82) is 0 Å². The molecule has 17 heavy (non-hydrogen) atoms. The number of hydrogen-bond donors (Lipinski definition) is 2. The van der Waals surface area contributed by atoms with Crippen molar-refractivity contribution in [3.63, 3.8) is 0 Å². The third-order valence-corrected chi connectivity index (χ3v) is 4.51. The molecule has 0 spiro atoms. The van der Waals surface area contributed by atoms with Gasteiger partial charge in [-0.2, -0.15) is 0 Å². The molecule has 1 fully saturated rings. The standard InChI is InChI=1S/C9H15ClN2O4S/c1-6(10)8(13)12-9(14)11-4-7-2-3-17(15,16)5-7/h6-7H,2-5H2,1H3,(H2,11,12,13,14). The number of imide groups is 1. The lowest BCUT2D eigenvalue weighted by Gasteiger charge is -2.10. The van der Waals surface area contributed by atoms with Crippen molar-refractivity contribution < 1.29 is 18.0 Å². The minimum absolute atomic E-state index is 0.0747. The lowest BCUT2D eigenvalue weighted by Crippen LogP contribution is -2.43. The van der Waals surface area contributed by atoms with Crippen molar-refractivity contribution in [1.82, 2.24) is 10.6 Å². The first-order chi connectivity index (χ1) is 7.80. The fraction of sp³-hybridized carbons (Fsp3) is 0.778. The van der Waals surface area contributed by atoms with Gasteiger partial charge in [0.15, 0.2) is 9.84 Å². The second kappa shape index (κ2) is 5.68. The van der Waals surface area contributed by atoms with Crippen molar-refractivity contribution in [2.24, 2.45) is 5.92 Å². The van der Waals surface area contributed by atoms with Crippen LogP contribution in [0.25, 0.3) is 0 Å². The van der Waals surface area contributed by atoms with E-state index in [2.05, 4.69) is 10.6 Å². The summed E-state index contributed by atoms with van der Waals surface area (Å²) in [5.74, 6) is -0.399. The number of sulfone groups is 1. The zero-order valence-corrected chi connectivity index (χ0v) is 11.0. The summed E-state index contributed by atoms with van der Waals surface area (Å²) in [6.45, 7) is 1.70. The third-order valence-electron chi connectivity index (χ3n) is 2.48. The van der Waals surface area contributed by atoms with Crippen molar-refractivity contribution >= 4 is 33.4 Å². The van der Waals surface area contributed by atoms with Crippen molar-refractivity contribution in [2.75, 3.05) is 18.1 Å². The molecule has 8 heteroatoms. The molecular weight excluding hydrogens is 268 g/mol. The molecule has 1 aliphatic rings. The van der Waals surface area contributed by atoms with Crippen LogP contribution >= 0.6 is 11.6 Å². The highest BCUT2D eigenvalue weighted by molar-refractivity contribution is 7.91. The van der Waals surface area contributed by atoms with Gasteiger partial charge in [0.2, 0.25) is 5.91 Å². The molecule has 1 rings (SSSR count). The Hall–Kier alpha value is -0.820. The fourth-order valence-electron chi connectivity index (χ4n) is 1.53. The Bertz CT molecular complexity index is 407. The first kappa shape index (κ1) is 14.2. The number of halogens is 1. The van der Waals surface area contributed by atoms with Crippen molar-refractivity contribution in [3.05, 3.63) is 0 Å². The van der Waals surface area contributed by atoms with E-state index in [1.54, 1.807) is 0 Å². The van der Waals surface area contributed by atoms with E-state index in [0.717, 1.165) is 0 Å². The van der Waals surface area contributed by atoms with Gasteiger partial charge in [-0.15, -0.1) is 11.6 Å². The molecule has 0 aromatic heterocycles. The van der Waals surface area contributed by atoms with E-state index in [1.807, 2.05) is 0 Å². The van der Waals surface area contributed by atoms with Gasteiger partial charge >= 0.3 is 6.03 Å². The van der Waals surface area contributed by atoms with Gasteiger partial charge in [-0.1, -0.05) is 0 Å². The molecule has 2 N–H and O–H groups in total. The number of nitrogens with one attached hydrogen (secondary N) is 2.